The number of carbonyl (C=O) groups is 1. The van der Waals surface area contributed by atoms with Gasteiger partial charge in [0.15, 0.2) is 6.29 Å². The number of hydrogen-bond donors (Lipinski definition) is 2. The molecule has 3 rings (SSSR count). The first-order chi connectivity index (χ1) is 12.1. The number of benzene rings is 1. The fraction of sp³-hybridized carbons (Fsp3) is 0.421. The number of aldehydes is 1. The SMILES string of the molecule is COc1ccc(CCCC2CCc3c(cn(C)c3C=O)S(=N)N2)cc1. The molecule has 0 fully saturated rings. The van der Waals surface area contributed by atoms with E-state index >= 15 is 0 Å². The van der Waals surface area contributed by atoms with Crippen LogP contribution in [0.1, 0.15) is 40.9 Å². The molecule has 2 heterocycles. The van der Waals surface area contributed by atoms with Crippen molar-refractivity contribution in [1.82, 2.24) is 9.29 Å². The van der Waals surface area contributed by atoms with Crippen molar-refractivity contribution in [3.63, 3.8) is 0 Å². The number of nitrogens with one attached hydrogen (secondary N) is 2. The van der Waals surface area contributed by atoms with Crippen LogP contribution >= 0.6 is 0 Å². The van der Waals surface area contributed by atoms with E-state index in [1.165, 1.54) is 5.56 Å². The third kappa shape index (κ3) is 4.02. The Balaban J connectivity index is 1.57. The first-order valence-corrected chi connectivity index (χ1v) is 9.83. The van der Waals surface area contributed by atoms with Gasteiger partial charge in [-0.25, -0.2) is 4.72 Å². The van der Waals surface area contributed by atoms with Crippen molar-refractivity contribution in [1.29, 1.82) is 4.78 Å². The van der Waals surface area contributed by atoms with Crippen LogP contribution < -0.4 is 9.46 Å². The van der Waals surface area contributed by atoms with Crippen LogP contribution in [0.2, 0.25) is 0 Å². The lowest BCUT2D eigenvalue weighted by Gasteiger charge is -2.16. The van der Waals surface area contributed by atoms with Crippen LogP contribution in [0.4, 0.5) is 0 Å². The van der Waals surface area contributed by atoms with Gasteiger partial charge >= 0.3 is 0 Å². The maximum atomic E-state index is 11.3. The predicted molar refractivity (Wildman–Crippen MR) is 100 cm³/mol. The quantitative estimate of drug-likeness (QED) is 0.777. The standard InChI is InChI=1S/C19H25N3O2S/c1-22-12-19-17(18(22)13-23)11-8-15(21-25(19)20)5-3-4-14-6-9-16(24-2)10-7-14/h6-7,9-10,12-13,15H,3-5,8,11H2,1-2H3,(H2,20,21). The van der Waals surface area contributed by atoms with E-state index in [-0.39, 0.29) is 0 Å². The van der Waals surface area contributed by atoms with Gasteiger partial charge in [-0.15, -0.1) is 0 Å². The number of carbonyl (C=O) groups excluding carboxylic acids is 1. The molecule has 0 radical (unpaired) electrons. The molecule has 2 unspecified atom stereocenters. The Morgan fingerprint density at radius 2 is 2.16 bits per heavy atom. The van der Waals surface area contributed by atoms with Gasteiger partial charge in [0.1, 0.15) is 5.75 Å². The lowest BCUT2D eigenvalue weighted by atomic mass is 10.00. The number of aryl methyl sites for hydroxylation is 2. The van der Waals surface area contributed by atoms with Gasteiger partial charge in [-0.1, -0.05) is 12.1 Å². The van der Waals surface area contributed by atoms with Crippen LogP contribution in [0.3, 0.4) is 0 Å². The zero-order chi connectivity index (χ0) is 17.8. The van der Waals surface area contributed by atoms with Crippen molar-refractivity contribution in [2.45, 2.75) is 43.0 Å². The Labute approximate surface area is 151 Å². The number of fused-ring (bicyclic) bond motifs is 1. The molecule has 134 valence electrons. The summed E-state index contributed by atoms with van der Waals surface area (Å²) >= 11 is 0. The third-order valence-corrected chi connectivity index (χ3v) is 6.19. The van der Waals surface area contributed by atoms with Crippen molar-refractivity contribution >= 4 is 17.2 Å². The average molecular weight is 359 g/mol. The topological polar surface area (TPSA) is 67.1 Å². The molecule has 1 aliphatic rings. The van der Waals surface area contributed by atoms with E-state index in [4.69, 9.17) is 9.52 Å². The van der Waals surface area contributed by atoms with Crippen molar-refractivity contribution < 1.29 is 9.53 Å². The highest BCUT2D eigenvalue weighted by atomic mass is 32.2. The van der Waals surface area contributed by atoms with Crippen LogP contribution in [0.25, 0.3) is 0 Å². The molecule has 6 heteroatoms. The lowest BCUT2D eigenvalue weighted by Crippen LogP contribution is -2.29. The van der Waals surface area contributed by atoms with Gasteiger partial charge in [-0.2, -0.15) is 0 Å². The zero-order valence-corrected chi connectivity index (χ0v) is 15.6. The molecular formula is C19H25N3O2S. The molecule has 0 amide bonds. The molecule has 0 aliphatic carbocycles. The largest absolute Gasteiger partial charge is 0.497 e. The molecule has 1 aromatic carbocycles. The molecule has 0 saturated heterocycles. The molecular weight excluding hydrogens is 334 g/mol. The first-order valence-electron chi connectivity index (χ1n) is 8.60. The van der Waals surface area contributed by atoms with Crippen molar-refractivity contribution in [3.05, 3.63) is 47.3 Å². The van der Waals surface area contributed by atoms with Crippen LogP contribution in [0.5, 0.6) is 5.75 Å². The molecule has 0 spiro atoms. The van der Waals surface area contributed by atoms with Crippen LogP contribution in [0.15, 0.2) is 35.4 Å². The summed E-state index contributed by atoms with van der Waals surface area (Å²) in [6, 6.07) is 8.55. The summed E-state index contributed by atoms with van der Waals surface area (Å²) in [6.07, 6.45) is 7.85. The van der Waals surface area contributed by atoms with Gasteiger partial charge in [0.2, 0.25) is 0 Å². The van der Waals surface area contributed by atoms with Gasteiger partial charge in [-0.05, 0) is 66.2 Å². The zero-order valence-electron chi connectivity index (χ0n) is 14.7. The smallest absolute Gasteiger partial charge is 0.166 e. The minimum absolute atomic E-state index is 0.330. The monoisotopic (exact) mass is 359 g/mol. The molecule has 2 aromatic rings. The summed E-state index contributed by atoms with van der Waals surface area (Å²) in [5.74, 6) is 0.886. The average Bonchev–Trinajstić information content (AvgIpc) is 2.87. The highest BCUT2D eigenvalue weighted by Gasteiger charge is 2.23. The number of ether oxygens (including phenoxy) is 1. The fourth-order valence-electron chi connectivity index (χ4n) is 3.40. The van der Waals surface area contributed by atoms with E-state index in [0.29, 0.717) is 6.04 Å². The molecule has 2 atom stereocenters. The third-order valence-electron chi connectivity index (χ3n) is 4.83. The number of methoxy groups -OCH3 is 1. The second kappa shape index (κ2) is 7.97. The van der Waals surface area contributed by atoms with Crippen LogP contribution in [-0.4, -0.2) is 24.0 Å². The van der Waals surface area contributed by atoms with Gasteiger partial charge in [0, 0.05) is 19.3 Å². The van der Waals surface area contributed by atoms with E-state index in [9.17, 15) is 4.79 Å². The van der Waals surface area contributed by atoms with Crippen molar-refractivity contribution in [2.24, 2.45) is 7.05 Å². The highest BCUT2D eigenvalue weighted by Crippen LogP contribution is 2.26. The Kier molecular flexibility index (Phi) is 5.71. The number of rotatable bonds is 6. The number of aromatic nitrogens is 1. The maximum Gasteiger partial charge on any atom is 0.166 e. The summed E-state index contributed by atoms with van der Waals surface area (Å²) in [5.41, 5.74) is 3.09. The minimum atomic E-state index is -0.752. The number of hydrogen-bond acceptors (Lipinski definition) is 3. The van der Waals surface area contributed by atoms with Gasteiger partial charge in [0.25, 0.3) is 0 Å². The number of nitrogens with zero attached hydrogens (tertiary/aromatic N) is 1. The van der Waals surface area contributed by atoms with Gasteiger partial charge in [0.05, 0.1) is 17.7 Å². The normalized spacial score (nSPS) is 19.9. The second-order valence-corrected chi connectivity index (χ2v) is 7.77. The molecule has 2 N–H and O–H groups in total. The Morgan fingerprint density at radius 3 is 2.84 bits per heavy atom. The predicted octanol–water partition coefficient (Wildman–Crippen LogP) is 3.43. The molecule has 1 aliphatic heterocycles. The van der Waals surface area contributed by atoms with E-state index < -0.39 is 10.9 Å². The molecule has 0 saturated carbocycles. The molecule has 5 nitrogen and oxygen atoms in total. The Bertz CT molecular complexity index is 768. The summed E-state index contributed by atoms with van der Waals surface area (Å²) < 4.78 is 18.9. The van der Waals surface area contributed by atoms with Crippen molar-refractivity contribution in [3.8, 4) is 5.75 Å². The fourth-order valence-corrected chi connectivity index (χ4v) is 4.81. The molecule has 0 bridgehead atoms. The highest BCUT2D eigenvalue weighted by molar-refractivity contribution is 7.84. The Morgan fingerprint density at radius 1 is 1.40 bits per heavy atom. The van der Waals surface area contributed by atoms with Gasteiger partial charge < -0.3 is 9.30 Å². The molecule has 1 aromatic heterocycles. The summed E-state index contributed by atoms with van der Waals surface area (Å²) in [4.78, 5) is 12.3. The Hall–Kier alpha value is -1.92. The van der Waals surface area contributed by atoms with Gasteiger partial charge in [-0.3, -0.25) is 9.57 Å². The summed E-state index contributed by atoms with van der Waals surface area (Å²) in [5, 5.41) is 0. The van der Waals surface area contributed by atoms with Crippen LogP contribution in [-0.2, 0) is 30.8 Å². The second-order valence-electron chi connectivity index (χ2n) is 6.49. The van der Waals surface area contributed by atoms with E-state index in [1.54, 1.807) is 7.11 Å². The summed E-state index contributed by atoms with van der Waals surface area (Å²) in [7, 11) is 2.80. The minimum Gasteiger partial charge on any atom is -0.497 e. The molecule has 25 heavy (non-hydrogen) atoms. The van der Waals surface area contributed by atoms with E-state index in [2.05, 4.69) is 16.9 Å². The van der Waals surface area contributed by atoms with E-state index in [0.717, 1.165) is 60.3 Å². The summed E-state index contributed by atoms with van der Waals surface area (Å²) in [6.45, 7) is 0. The lowest BCUT2D eigenvalue weighted by molar-refractivity contribution is 0.111. The van der Waals surface area contributed by atoms with Crippen molar-refractivity contribution in [2.75, 3.05) is 7.11 Å². The first kappa shape index (κ1) is 17.9. The van der Waals surface area contributed by atoms with Crippen LogP contribution in [0, 0.1) is 4.78 Å². The van der Waals surface area contributed by atoms with E-state index in [1.807, 2.05) is 29.9 Å². The maximum absolute atomic E-state index is 11.3.